The van der Waals surface area contributed by atoms with Crippen molar-refractivity contribution in [1.29, 1.82) is 0 Å². The topological polar surface area (TPSA) is 32.3 Å². The molecule has 0 aliphatic heterocycles. The lowest BCUT2D eigenvalue weighted by Gasteiger charge is -2.17. The van der Waals surface area contributed by atoms with Gasteiger partial charge in [0.1, 0.15) is 0 Å². The third-order valence-electron chi connectivity index (χ3n) is 1.95. The molecule has 0 aromatic carbocycles. The number of thiophene rings is 1. The van der Waals surface area contributed by atoms with E-state index < -0.39 is 18.8 Å². The number of hydrogen-bond donors (Lipinski definition) is 2. The molecule has 2 nitrogen and oxygen atoms in total. The van der Waals surface area contributed by atoms with Crippen LogP contribution in [0.15, 0.2) is 11.4 Å². The van der Waals surface area contributed by atoms with Gasteiger partial charge in [-0.05, 0) is 23.9 Å². The van der Waals surface area contributed by atoms with E-state index in [1.54, 1.807) is 5.38 Å². The molecule has 0 radical (unpaired) electrons. The van der Waals surface area contributed by atoms with E-state index in [0.717, 1.165) is 10.4 Å². The molecule has 0 fully saturated rings. The largest absolute Gasteiger partial charge is 0.401 e. The SMILES string of the molecule is Cc1ccsc1C(CO)NCC(F)(F)F. The van der Waals surface area contributed by atoms with Gasteiger partial charge in [-0.2, -0.15) is 13.2 Å². The van der Waals surface area contributed by atoms with Crippen molar-refractivity contribution in [2.24, 2.45) is 0 Å². The van der Waals surface area contributed by atoms with E-state index in [-0.39, 0.29) is 6.61 Å². The number of hydrogen-bond acceptors (Lipinski definition) is 3. The van der Waals surface area contributed by atoms with Crippen LogP contribution in [0.2, 0.25) is 0 Å². The summed E-state index contributed by atoms with van der Waals surface area (Å²) in [5.74, 6) is 0. The van der Waals surface area contributed by atoms with Gasteiger partial charge < -0.3 is 5.11 Å². The summed E-state index contributed by atoms with van der Waals surface area (Å²) < 4.78 is 35.9. The summed E-state index contributed by atoms with van der Waals surface area (Å²) in [6.07, 6.45) is -4.25. The molecule has 1 rings (SSSR count). The van der Waals surface area contributed by atoms with Gasteiger partial charge in [0.25, 0.3) is 0 Å². The summed E-state index contributed by atoms with van der Waals surface area (Å²) in [6, 6.07) is 1.18. The standard InChI is InChI=1S/C9H12F3NOS/c1-6-2-3-15-8(6)7(4-14)13-5-9(10,11)12/h2-3,7,13-14H,4-5H2,1H3. The predicted octanol–water partition coefficient (Wildman–Crippen LogP) is 2.24. The molecule has 0 bridgehead atoms. The van der Waals surface area contributed by atoms with Crippen LogP contribution in [-0.4, -0.2) is 24.4 Å². The Morgan fingerprint density at radius 1 is 1.53 bits per heavy atom. The van der Waals surface area contributed by atoms with Crippen LogP contribution in [0.4, 0.5) is 13.2 Å². The Morgan fingerprint density at radius 2 is 2.20 bits per heavy atom. The first-order valence-corrected chi connectivity index (χ1v) is 5.27. The molecular formula is C9H12F3NOS. The van der Waals surface area contributed by atoms with Crippen LogP contribution in [0.5, 0.6) is 0 Å². The van der Waals surface area contributed by atoms with Crippen molar-refractivity contribution >= 4 is 11.3 Å². The molecule has 1 unspecified atom stereocenters. The van der Waals surface area contributed by atoms with Crippen LogP contribution < -0.4 is 5.32 Å². The van der Waals surface area contributed by atoms with Gasteiger partial charge in [-0.3, -0.25) is 5.32 Å². The van der Waals surface area contributed by atoms with Crippen molar-refractivity contribution in [3.05, 3.63) is 21.9 Å². The highest BCUT2D eigenvalue weighted by molar-refractivity contribution is 7.10. The predicted molar refractivity (Wildman–Crippen MR) is 52.9 cm³/mol. The van der Waals surface area contributed by atoms with Gasteiger partial charge in [-0.1, -0.05) is 0 Å². The molecule has 6 heteroatoms. The summed E-state index contributed by atoms with van der Waals surface area (Å²) >= 11 is 1.34. The number of alkyl halides is 3. The minimum absolute atomic E-state index is 0.336. The lowest BCUT2D eigenvalue weighted by atomic mass is 10.2. The molecule has 0 aliphatic carbocycles. The lowest BCUT2D eigenvalue weighted by Crippen LogP contribution is -2.33. The Hall–Kier alpha value is -0.590. The zero-order valence-electron chi connectivity index (χ0n) is 8.14. The highest BCUT2D eigenvalue weighted by atomic mass is 32.1. The summed E-state index contributed by atoms with van der Waals surface area (Å²) in [5, 5.41) is 13.1. The third kappa shape index (κ3) is 3.81. The van der Waals surface area contributed by atoms with Crippen molar-refractivity contribution in [2.75, 3.05) is 13.2 Å². The number of aryl methyl sites for hydroxylation is 1. The van der Waals surface area contributed by atoms with Crippen molar-refractivity contribution in [2.45, 2.75) is 19.1 Å². The minimum atomic E-state index is -4.25. The Labute approximate surface area is 89.7 Å². The van der Waals surface area contributed by atoms with Gasteiger partial charge in [-0.25, -0.2) is 0 Å². The second-order valence-electron chi connectivity index (χ2n) is 3.20. The highest BCUT2D eigenvalue weighted by Crippen LogP contribution is 2.24. The summed E-state index contributed by atoms with van der Waals surface area (Å²) in [7, 11) is 0. The normalized spacial score (nSPS) is 14.2. The van der Waals surface area contributed by atoms with Crippen molar-refractivity contribution in [3.63, 3.8) is 0 Å². The minimum Gasteiger partial charge on any atom is -0.394 e. The van der Waals surface area contributed by atoms with Gasteiger partial charge in [0.05, 0.1) is 19.2 Å². The summed E-state index contributed by atoms with van der Waals surface area (Å²) in [5.41, 5.74) is 0.897. The molecule has 0 amide bonds. The molecule has 15 heavy (non-hydrogen) atoms. The van der Waals surface area contributed by atoms with Crippen LogP contribution >= 0.6 is 11.3 Å². The lowest BCUT2D eigenvalue weighted by molar-refractivity contribution is -0.126. The Balaban J connectivity index is 2.61. The molecule has 0 saturated heterocycles. The molecule has 1 aromatic rings. The van der Waals surface area contributed by atoms with Crippen LogP contribution in [0.3, 0.4) is 0 Å². The Bertz CT molecular complexity index is 311. The molecule has 1 atom stereocenters. The second kappa shape index (κ2) is 4.96. The van der Waals surface area contributed by atoms with Gasteiger partial charge in [0.2, 0.25) is 0 Å². The zero-order chi connectivity index (χ0) is 11.5. The fourth-order valence-electron chi connectivity index (χ4n) is 1.22. The van der Waals surface area contributed by atoms with E-state index in [0.29, 0.717) is 0 Å². The van der Waals surface area contributed by atoms with Crippen molar-refractivity contribution in [1.82, 2.24) is 5.32 Å². The van der Waals surface area contributed by atoms with E-state index >= 15 is 0 Å². The molecule has 0 saturated carbocycles. The van der Waals surface area contributed by atoms with Gasteiger partial charge in [-0.15, -0.1) is 11.3 Å². The van der Waals surface area contributed by atoms with E-state index in [4.69, 9.17) is 5.11 Å². The van der Waals surface area contributed by atoms with Crippen LogP contribution in [0, 0.1) is 6.92 Å². The van der Waals surface area contributed by atoms with Crippen molar-refractivity contribution < 1.29 is 18.3 Å². The van der Waals surface area contributed by atoms with E-state index in [1.807, 2.05) is 13.0 Å². The molecule has 0 spiro atoms. The highest BCUT2D eigenvalue weighted by Gasteiger charge is 2.28. The number of aliphatic hydroxyl groups is 1. The fraction of sp³-hybridized carbons (Fsp3) is 0.556. The van der Waals surface area contributed by atoms with Crippen LogP contribution in [0.1, 0.15) is 16.5 Å². The van der Waals surface area contributed by atoms with E-state index in [2.05, 4.69) is 5.32 Å². The molecule has 1 heterocycles. The molecule has 1 aromatic heterocycles. The first-order valence-electron chi connectivity index (χ1n) is 4.39. The number of halogens is 3. The number of nitrogens with one attached hydrogen (secondary N) is 1. The Morgan fingerprint density at radius 3 is 2.60 bits per heavy atom. The third-order valence-corrected chi connectivity index (χ3v) is 3.08. The first kappa shape index (κ1) is 12.5. The van der Waals surface area contributed by atoms with E-state index in [9.17, 15) is 13.2 Å². The average molecular weight is 239 g/mol. The smallest absolute Gasteiger partial charge is 0.394 e. The first-order chi connectivity index (χ1) is 6.94. The maximum absolute atomic E-state index is 12.0. The maximum atomic E-state index is 12.0. The van der Waals surface area contributed by atoms with Crippen LogP contribution in [0.25, 0.3) is 0 Å². The molecule has 0 aliphatic rings. The van der Waals surface area contributed by atoms with Gasteiger partial charge in [0.15, 0.2) is 0 Å². The van der Waals surface area contributed by atoms with Crippen molar-refractivity contribution in [3.8, 4) is 0 Å². The summed E-state index contributed by atoms with van der Waals surface area (Å²) in [4.78, 5) is 0.752. The zero-order valence-corrected chi connectivity index (χ0v) is 8.95. The monoisotopic (exact) mass is 239 g/mol. The fourth-order valence-corrected chi connectivity index (χ4v) is 2.22. The molecule has 2 N–H and O–H groups in total. The molecular weight excluding hydrogens is 227 g/mol. The van der Waals surface area contributed by atoms with Crippen LogP contribution in [-0.2, 0) is 0 Å². The van der Waals surface area contributed by atoms with Gasteiger partial charge in [0, 0.05) is 4.88 Å². The Kier molecular flexibility index (Phi) is 4.12. The maximum Gasteiger partial charge on any atom is 0.401 e. The molecule has 86 valence electrons. The van der Waals surface area contributed by atoms with E-state index in [1.165, 1.54) is 11.3 Å². The van der Waals surface area contributed by atoms with Gasteiger partial charge >= 0.3 is 6.18 Å². The summed E-state index contributed by atoms with van der Waals surface area (Å²) in [6.45, 7) is 0.386. The number of rotatable bonds is 4. The second-order valence-corrected chi connectivity index (χ2v) is 4.15. The average Bonchev–Trinajstić information content (AvgIpc) is 2.52. The number of aliphatic hydroxyl groups excluding tert-OH is 1. The quantitative estimate of drug-likeness (QED) is 0.844.